The molecule has 2 bridgehead atoms. The zero-order valence-corrected chi connectivity index (χ0v) is 16.1. The highest BCUT2D eigenvalue weighted by Gasteiger charge is 2.42. The molecular weight excluding hydrogens is 352 g/mol. The number of hydrogen-bond donors (Lipinski definition) is 1. The van der Waals surface area contributed by atoms with Crippen LogP contribution in [0.2, 0.25) is 0 Å². The van der Waals surface area contributed by atoms with Crippen LogP contribution in [0.25, 0.3) is 17.0 Å². The van der Waals surface area contributed by atoms with Crippen LogP contribution in [0.1, 0.15) is 38.2 Å². The Kier molecular flexibility index (Phi) is 5.42. The molecule has 0 spiro atoms. The fourth-order valence-electron chi connectivity index (χ4n) is 4.91. The molecule has 5 nitrogen and oxygen atoms in total. The summed E-state index contributed by atoms with van der Waals surface area (Å²) in [4.78, 5) is 28.5. The van der Waals surface area contributed by atoms with Gasteiger partial charge in [-0.25, -0.2) is 4.79 Å². The van der Waals surface area contributed by atoms with Crippen molar-refractivity contribution in [2.75, 3.05) is 6.61 Å². The fraction of sp³-hybridized carbons (Fsp3) is 0.435. The molecule has 2 fully saturated rings. The first-order valence-corrected chi connectivity index (χ1v) is 10.1. The minimum Gasteiger partial charge on any atom is -0.452 e. The number of rotatable bonds is 6. The molecule has 146 valence electrons. The van der Waals surface area contributed by atoms with E-state index in [-0.39, 0.29) is 18.6 Å². The van der Waals surface area contributed by atoms with Crippen LogP contribution in [0.4, 0.5) is 0 Å². The van der Waals surface area contributed by atoms with Gasteiger partial charge in [0, 0.05) is 29.3 Å². The molecule has 1 N–H and O–H groups in total. The maximum atomic E-state index is 12.1. The van der Waals surface area contributed by atoms with Gasteiger partial charge in [0.25, 0.3) is 5.91 Å². The lowest BCUT2D eigenvalue weighted by molar-refractivity contribution is -0.144. The minimum absolute atomic E-state index is 0.138. The van der Waals surface area contributed by atoms with E-state index >= 15 is 0 Å². The number of pyridine rings is 1. The summed E-state index contributed by atoms with van der Waals surface area (Å²) in [5.41, 5.74) is 1.66. The van der Waals surface area contributed by atoms with Crippen molar-refractivity contribution in [2.24, 2.45) is 17.8 Å². The first-order chi connectivity index (χ1) is 13.6. The van der Waals surface area contributed by atoms with Crippen LogP contribution in [-0.2, 0) is 14.3 Å². The Morgan fingerprint density at radius 1 is 1.25 bits per heavy atom. The molecule has 2 aromatic rings. The molecule has 2 aliphatic carbocycles. The van der Waals surface area contributed by atoms with E-state index in [4.69, 9.17) is 4.74 Å². The number of carbonyl (C=O) groups is 2. The lowest BCUT2D eigenvalue weighted by Gasteiger charge is -2.28. The molecule has 2 aliphatic rings. The van der Waals surface area contributed by atoms with E-state index in [0.717, 1.165) is 28.3 Å². The molecule has 4 rings (SSSR count). The molecule has 28 heavy (non-hydrogen) atoms. The number of esters is 1. The second-order valence-corrected chi connectivity index (χ2v) is 8.06. The highest BCUT2D eigenvalue weighted by Crippen LogP contribution is 2.49. The van der Waals surface area contributed by atoms with Gasteiger partial charge >= 0.3 is 5.97 Å². The average Bonchev–Trinajstić information content (AvgIpc) is 3.34. The van der Waals surface area contributed by atoms with E-state index in [1.807, 2.05) is 30.3 Å². The Bertz CT molecular complexity index is 902. The van der Waals surface area contributed by atoms with Gasteiger partial charge < -0.3 is 10.1 Å². The van der Waals surface area contributed by atoms with Crippen LogP contribution in [-0.4, -0.2) is 29.5 Å². The summed E-state index contributed by atoms with van der Waals surface area (Å²) >= 11 is 0. The van der Waals surface area contributed by atoms with Crippen molar-refractivity contribution < 1.29 is 14.3 Å². The summed E-state index contributed by atoms with van der Waals surface area (Å²) < 4.78 is 5.10. The molecule has 5 heteroatoms. The lowest BCUT2D eigenvalue weighted by atomic mass is 9.84. The van der Waals surface area contributed by atoms with Crippen molar-refractivity contribution in [1.29, 1.82) is 0 Å². The topological polar surface area (TPSA) is 68.3 Å². The van der Waals surface area contributed by atoms with E-state index in [2.05, 4.69) is 17.2 Å². The molecular formula is C23H26N2O3. The van der Waals surface area contributed by atoms with Gasteiger partial charge in [-0.05, 0) is 56.1 Å². The fourth-order valence-corrected chi connectivity index (χ4v) is 4.91. The van der Waals surface area contributed by atoms with Gasteiger partial charge in [0.2, 0.25) is 0 Å². The Morgan fingerprint density at radius 3 is 2.89 bits per heavy atom. The van der Waals surface area contributed by atoms with E-state index in [1.54, 1.807) is 12.3 Å². The third-order valence-electron chi connectivity index (χ3n) is 6.23. The van der Waals surface area contributed by atoms with Crippen molar-refractivity contribution in [2.45, 2.75) is 38.6 Å². The highest BCUT2D eigenvalue weighted by atomic mass is 16.5. The number of nitrogens with one attached hydrogen (secondary N) is 1. The monoisotopic (exact) mass is 378 g/mol. The Labute approximate surface area is 165 Å². The normalized spacial score (nSPS) is 24.5. The first kappa shape index (κ1) is 18.7. The van der Waals surface area contributed by atoms with Crippen molar-refractivity contribution >= 4 is 28.9 Å². The van der Waals surface area contributed by atoms with Crippen LogP contribution in [0.3, 0.4) is 0 Å². The van der Waals surface area contributed by atoms with Gasteiger partial charge in [0.05, 0.1) is 5.52 Å². The van der Waals surface area contributed by atoms with Crippen molar-refractivity contribution in [1.82, 2.24) is 10.3 Å². The summed E-state index contributed by atoms with van der Waals surface area (Å²) in [7, 11) is 0. The zero-order chi connectivity index (χ0) is 19.5. The zero-order valence-electron chi connectivity index (χ0n) is 16.1. The summed E-state index contributed by atoms with van der Waals surface area (Å²) in [5.74, 6) is 1.40. The maximum Gasteiger partial charge on any atom is 0.331 e. The third-order valence-corrected chi connectivity index (χ3v) is 6.23. The molecule has 0 aliphatic heterocycles. The van der Waals surface area contributed by atoms with Gasteiger partial charge in [0.15, 0.2) is 6.61 Å². The van der Waals surface area contributed by atoms with E-state index in [0.29, 0.717) is 5.92 Å². The highest BCUT2D eigenvalue weighted by molar-refractivity contribution is 5.93. The van der Waals surface area contributed by atoms with Crippen molar-refractivity contribution in [3.8, 4) is 0 Å². The number of nitrogens with zero attached hydrogens (tertiary/aromatic N) is 1. The molecule has 1 aromatic carbocycles. The van der Waals surface area contributed by atoms with Crippen LogP contribution in [0.15, 0.2) is 42.6 Å². The Morgan fingerprint density at radius 2 is 2.11 bits per heavy atom. The molecule has 4 atom stereocenters. The second kappa shape index (κ2) is 8.13. The molecule has 0 radical (unpaired) electrons. The largest absolute Gasteiger partial charge is 0.452 e. The number of amides is 1. The van der Waals surface area contributed by atoms with Gasteiger partial charge in [-0.3, -0.25) is 9.78 Å². The maximum absolute atomic E-state index is 12.1. The smallest absolute Gasteiger partial charge is 0.331 e. The predicted octanol–water partition coefficient (Wildman–Crippen LogP) is 3.73. The van der Waals surface area contributed by atoms with Crippen LogP contribution >= 0.6 is 0 Å². The van der Waals surface area contributed by atoms with E-state index in [1.165, 1.54) is 31.8 Å². The first-order valence-electron chi connectivity index (χ1n) is 10.1. The number of ether oxygens (including phenoxy) is 1. The molecule has 1 heterocycles. The van der Waals surface area contributed by atoms with E-state index in [9.17, 15) is 9.59 Å². The number of carbonyl (C=O) groups excluding carboxylic acids is 2. The standard InChI is InChI=1S/C23H26N2O3/c1-15(20-13-16-7-8-19(20)12-16)25-21(26)14-28-22(27)10-9-18-5-2-4-17-6-3-11-24-23(17)18/h2-6,9-11,15-16,19-20H,7-8,12-14H2,1H3,(H,25,26)/b10-9+. The van der Waals surface area contributed by atoms with E-state index < -0.39 is 5.97 Å². The number of fused-ring (bicyclic) bond motifs is 3. The second-order valence-electron chi connectivity index (χ2n) is 8.06. The number of benzene rings is 1. The summed E-state index contributed by atoms with van der Waals surface area (Å²) in [6.07, 6.45) is 9.90. The van der Waals surface area contributed by atoms with Crippen molar-refractivity contribution in [3.05, 3.63) is 48.2 Å². The Hall–Kier alpha value is -2.69. The SMILES string of the molecule is CC(NC(=O)COC(=O)/C=C/c1cccc2cccnc12)C1CC2CCC1C2. The average molecular weight is 378 g/mol. The van der Waals surface area contributed by atoms with Gasteiger partial charge in [-0.15, -0.1) is 0 Å². The van der Waals surface area contributed by atoms with Crippen LogP contribution in [0.5, 0.6) is 0 Å². The number of aromatic nitrogens is 1. The minimum atomic E-state index is -0.532. The van der Waals surface area contributed by atoms with Crippen LogP contribution < -0.4 is 5.32 Å². The Balaban J connectivity index is 1.27. The van der Waals surface area contributed by atoms with Crippen molar-refractivity contribution in [3.63, 3.8) is 0 Å². The summed E-state index contributed by atoms with van der Waals surface area (Å²) in [6.45, 7) is 1.82. The van der Waals surface area contributed by atoms with Gasteiger partial charge in [-0.2, -0.15) is 0 Å². The summed E-state index contributed by atoms with van der Waals surface area (Å²) in [5, 5.41) is 4.02. The van der Waals surface area contributed by atoms with Gasteiger partial charge in [-0.1, -0.05) is 30.7 Å². The van der Waals surface area contributed by atoms with Crippen LogP contribution in [0, 0.1) is 17.8 Å². The molecule has 2 saturated carbocycles. The quantitative estimate of drug-likeness (QED) is 0.614. The number of hydrogen-bond acceptors (Lipinski definition) is 4. The molecule has 1 amide bonds. The van der Waals surface area contributed by atoms with Gasteiger partial charge in [0.1, 0.15) is 0 Å². The predicted molar refractivity (Wildman–Crippen MR) is 108 cm³/mol. The third kappa shape index (κ3) is 4.08. The molecule has 4 unspecified atom stereocenters. The summed E-state index contributed by atoms with van der Waals surface area (Å²) in [6, 6.07) is 9.76. The lowest BCUT2D eigenvalue weighted by Crippen LogP contribution is -2.41. The number of para-hydroxylation sites is 1. The molecule has 1 aromatic heterocycles. The molecule has 0 saturated heterocycles.